The molecular formula is C26H23F3IN3O7. The van der Waals surface area contributed by atoms with Crippen molar-refractivity contribution in [1.82, 2.24) is 5.43 Å². The van der Waals surface area contributed by atoms with Crippen LogP contribution >= 0.6 is 22.6 Å². The van der Waals surface area contributed by atoms with E-state index in [1.807, 2.05) is 29.5 Å². The highest BCUT2D eigenvalue weighted by Gasteiger charge is 2.33. The smallest absolute Gasteiger partial charge is 0.416 e. The monoisotopic (exact) mass is 673 g/mol. The van der Waals surface area contributed by atoms with E-state index >= 15 is 0 Å². The van der Waals surface area contributed by atoms with Crippen LogP contribution in [0.3, 0.4) is 0 Å². The standard InChI is InChI=1S/C26H23F3IN3O7/c1-4-38-21-8-6-16(12-22(21)37-3)25(34)32-31-14-15-10-18(30)24(23(11-15)39-5-2)40-20-9-7-17(26(27,28)29)13-19(20)33(35)36/h6-14H,4-5H2,1-3H3,(H,32,34)/b31-14+. The summed E-state index contributed by atoms with van der Waals surface area (Å²) in [7, 11) is 1.46. The zero-order valence-electron chi connectivity index (χ0n) is 21.4. The van der Waals surface area contributed by atoms with Crippen molar-refractivity contribution in [3.05, 3.63) is 78.9 Å². The average Bonchev–Trinajstić information content (AvgIpc) is 2.90. The van der Waals surface area contributed by atoms with Gasteiger partial charge in [0.25, 0.3) is 5.91 Å². The van der Waals surface area contributed by atoms with Crippen molar-refractivity contribution < 1.29 is 41.8 Å². The van der Waals surface area contributed by atoms with Crippen LogP contribution in [-0.4, -0.2) is 37.4 Å². The van der Waals surface area contributed by atoms with E-state index < -0.39 is 34.0 Å². The van der Waals surface area contributed by atoms with Crippen LogP contribution in [0.5, 0.6) is 28.7 Å². The number of nitrogens with zero attached hydrogens (tertiary/aromatic N) is 2. The van der Waals surface area contributed by atoms with Crippen LogP contribution in [0, 0.1) is 13.7 Å². The minimum Gasteiger partial charge on any atom is -0.493 e. The van der Waals surface area contributed by atoms with Gasteiger partial charge in [-0.25, -0.2) is 5.43 Å². The quantitative estimate of drug-likeness (QED) is 0.106. The Morgan fingerprint density at radius 2 is 1.70 bits per heavy atom. The first kappa shape index (κ1) is 30.5. The van der Waals surface area contributed by atoms with Crippen LogP contribution in [0.15, 0.2) is 53.6 Å². The molecule has 0 atom stereocenters. The van der Waals surface area contributed by atoms with Gasteiger partial charge in [0.1, 0.15) is 0 Å². The average molecular weight is 673 g/mol. The number of rotatable bonds is 11. The molecule has 0 aliphatic heterocycles. The van der Waals surface area contributed by atoms with Gasteiger partial charge in [0.05, 0.1) is 40.6 Å². The molecule has 0 saturated carbocycles. The fraction of sp³-hybridized carbons (Fsp3) is 0.231. The lowest BCUT2D eigenvalue weighted by Crippen LogP contribution is -2.17. The molecule has 10 nitrogen and oxygen atoms in total. The maximum absolute atomic E-state index is 13.1. The molecule has 40 heavy (non-hydrogen) atoms. The molecule has 3 rings (SSSR count). The molecule has 212 valence electrons. The first-order valence-corrected chi connectivity index (χ1v) is 12.7. The summed E-state index contributed by atoms with van der Waals surface area (Å²) in [6.45, 7) is 4.14. The third-order valence-electron chi connectivity index (χ3n) is 5.13. The Hall–Kier alpha value is -4.08. The van der Waals surface area contributed by atoms with Crippen molar-refractivity contribution >= 4 is 40.4 Å². The van der Waals surface area contributed by atoms with Crippen LogP contribution in [0.2, 0.25) is 0 Å². The molecule has 0 spiro atoms. The van der Waals surface area contributed by atoms with E-state index in [4.69, 9.17) is 18.9 Å². The Bertz CT molecular complexity index is 1430. The predicted octanol–water partition coefficient (Wildman–Crippen LogP) is 6.58. The molecule has 0 bridgehead atoms. The summed E-state index contributed by atoms with van der Waals surface area (Å²) in [5, 5.41) is 15.4. The maximum atomic E-state index is 13.1. The SMILES string of the molecule is CCOc1ccc(C(=O)N/N=C/c2cc(I)c(Oc3ccc(C(F)(F)F)cc3[N+](=O)[O-])c(OCC)c2)cc1OC. The topological polar surface area (TPSA) is 122 Å². The number of carbonyl (C=O) groups excluding carboxylic acids is 1. The molecule has 0 aliphatic rings. The Kier molecular flexibility index (Phi) is 10.1. The van der Waals surface area contributed by atoms with E-state index in [-0.39, 0.29) is 23.7 Å². The van der Waals surface area contributed by atoms with Crippen LogP contribution in [0.4, 0.5) is 18.9 Å². The highest BCUT2D eigenvalue weighted by atomic mass is 127. The van der Waals surface area contributed by atoms with E-state index in [0.29, 0.717) is 39.4 Å². The molecule has 0 fully saturated rings. The summed E-state index contributed by atoms with van der Waals surface area (Å²) in [6, 6.07) is 9.76. The Morgan fingerprint density at radius 3 is 2.33 bits per heavy atom. The first-order chi connectivity index (χ1) is 19.0. The lowest BCUT2D eigenvalue weighted by Gasteiger charge is -2.15. The third-order valence-corrected chi connectivity index (χ3v) is 5.93. The Labute approximate surface area is 240 Å². The highest BCUT2D eigenvalue weighted by Crippen LogP contribution is 2.42. The molecule has 1 amide bonds. The second-order valence-electron chi connectivity index (χ2n) is 7.80. The van der Waals surface area contributed by atoms with Gasteiger partial charge in [-0.3, -0.25) is 14.9 Å². The van der Waals surface area contributed by atoms with Gasteiger partial charge in [0.15, 0.2) is 23.0 Å². The maximum Gasteiger partial charge on any atom is 0.416 e. The number of nitro groups is 1. The number of hydrogen-bond donors (Lipinski definition) is 1. The molecular weight excluding hydrogens is 650 g/mol. The van der Waals surface area contributed by atoms with Gasteiger partial charge in [0.2, 0.25) is 5.75 Å². The minimum atomic E-state index is -4.76. The van der Waals surface area contributed by atoms with Gasteiger partial charge < -0.3 is 18.9 Å². The summed E-state index contributed by atoms with van der Waals surface area (Å²) in [5.74, 6) is 0.203. The summed E-state index contributed by atoms with van der Waals surface area (Å²) in [6.07, 6.45) is -3.41. The molecule has 14 heteroatoms. The van der Waals surface area contributed by atoms with Crippen LogP contribution in [0.1, 0.15) is 35.3 Å². The van der Waals surface area contributed by atoms with Crippen molar-refractivity contribution in [2.45, 2.75) is 20.0 Å². The van der Waals surface area contributed by atoms with E-state index in [0.717, 1.165) is 6.07 Å². The van der Waals surface area contributed by atoms with Crippen molar-refractivity contribution in [1.29, 1.82) is 0 Å². The predicted molar refractivity (Wildman–Crippen MR) is 148 cm³/mol. The fourth-order valence-corrected chi connectivity index (χ4v) is 4.11. The van der Waals surface area contributed by atoms with Gasteiger partial charge in [-0.05, 0) is 84.5 Å². The second-order valence-corrected chi connectivity index (χ2v) is 8.96. The third kappa shape index (κ3) is 7.52. The summed E-state index contributed by atoms with van der Waals surface area (Å²) < 4.78 is 61.6. The summed E-state index contributed by atoms with van der Waals surface area (Å²) >= 11 is 1.89. The molecule has 0 radical (unpaired) electrons. The first-order valence-electron chi connectivity index (χ1n) is 11.6. The van der Waals surface area contributed by atoms with Crippen LogP contribution in [-0.2, 0) is 6.18 Å². The highest BCUT2D eigenvalue weighted by molar-refractivity contribution is 14.1. The number of methoxy groups -OCH3 is 1. The molecule has 3 aromatic rings. The van der Waals surface area contributed by atoms with Crippen molar-refractivity contribution in [2.24, 2.45) is 5.10 Å². The number of hydrazone groups is 1. The molecule has 0 heterocycles. The number of nitro benzene ring substituents is 1. The zero-order valence-corrected chi connectivity index (χ0v) is 23.5. The second kappa shape index (κ2) is 13.3. The molecule has 0 saturated heterocycles. The van der Waals surface area contributed by atoms with Crippen molar-refractivity contribution in [3.63, 3.8) is 0 Å². The van der Waals surface area contributed by atoms with Crippen molar-refractivity contribution in [3.8, 4) is 28.7 Å². The van der Waals surface area contributed by atoms with Gasteiger partial charge in [-0.15, -0.1) is 0 Å². The number of ether oxygens (including phenoxy) is 4. The lowest BCUT2D eigenvalue weighted by molar-refractivity contribution is -0.385. The number of alkyl halides is 3. The fourth-order valence-electron chi connectivity index (χ4n) is 3.37. The number of halogens is 4. The number of carbonyl (C=O) groups is 1. The van der Waals surface area contributed by atoms with E-state index in [1.54, 1.807) is 25.1 Å². The normalized spacial score (nSPS) is 11.3. The Morgan fingerprint density at radius 1 is 1.02 bits per heavy atom. The van der Waals surface area contributed by atoms with Gasteiger partial charge in [-0.2, -0.15) is 18.3 Å². The number of benzene rings is 3. The van der Waals surface area contributed by atoms with Crippen molar-refractivity contribution in [2.75, 3.05) is 20.3 Å². The lowest BCUT2D eigenvalue weighted by atomic mass is 10.1. The summed E-state index contributed by atoms with van der Waals surface area (Å²) in [4.78, 5) is 23.0. The van der Waals surface area contributed by atoms with Crippen LogP contribution in [0.25, 0.3) is 0 Å². The van der Waals surface area contributed by atoms with E-state index in [2.05, 4.69) is 10.5 Å². The van der Waals surface area contributed by atoms with Gasteiger partial charge >= 0.3 is 11.9 Å². The zero-order chi connectivity index (χ0) is 29.4. The number of nitrogens with one attached hydrogen (secondary N) is 1. The molecule has 1 N–H and O–H groups in total. The minimum absolute atomic E-state index is 0.0629. The number of amides is 1. The largest absolute Gasteiger partial charge is 0.493 e. The van der Waals surface area contributed by atoms with Gasteiger partial charge in [-0.1, -0.05) is 0 Å². The van der Waals surface area contributed by atoms with Crippen LogP contribution < -0.4 is 24.4 Å². The van der Waals surface area contributed by atoms with E-state index in [1.165, 1.54) is 25.5 Å². The van der Waals surface area contributed by atoms with Gasteiger partial charge in [0, 0.05) is 11.6 Å². The molecule has 0 aromatic heterocycles. The number of hydrogen-bond acceptors (Lipinski definition) is 8. The van der Waals surface area contributed by atoms with E-state index in [9.17, 15) is 28.1 Å². The Balaban J connectivity index is 1.84. The molecule has 3 aromatic carbocycles. The molecule has 0 unspecified atom stereocenters. The molecule has 0 aliphatic carbocycles. The summed E-state index contributed by atoms with van der Waals surface area (Å²) in [5.41, 5.74) is 1.13.